The van der Waals surface area contributed by atoms with E-state index >= 15 is 0 Å². The lowest BCUT2D eigenvalue weighted by Crippen LogP contribution is -2.32. The van der Waals surface area contributed by atoms with E-state index in [1.165, 1.54) is 10.4 Å². The maximum atomic E-state index is 12.7. The number of sulfonamides is 1. The van der Waals surface area contributed by atoms with Gasteiger partial charge in [0.25, 0.3) is 5.91 Å². The van der Waals surface area contributed by atoms with Gasteiger partial charge in [-0.25, -0.2) is 8.42 Å². The van der Waals surface area contributed by atoms with Crippen molar-refractivity contribution in [2.75, 3.05) is 26.2 Å². The molecule has 0 unspecified atom stereocenters. The summed E-state index contributed by atoms with van der Waals surface area (Å²) in [5, 5.41) is 0. The van der Waals surface area contributed by atoms with E-state index in [1.54, 1.807) is 37.8 Å². The first kappa shape index (κ1) is 18.6. The monoisotopic (exact) mass is 326 g/mol. The van der Waals surface area contributed by atoms with Gasteiger partial charge in [-0.3, -0.25) is 4.79 Å². The first-order chi connectivity index (χ1) is 10.3. The van der Waals surface area contributed by atoms with Gasteiger partial charge in [-0.15, -0.1) is 0 Å². The standard InChI is InChI=1S/C16H26N2O3S/c1-6-17(7-2)16(19)14-11-10-13(5)15(12-14)22(20,21)18(8-3)9-4/h10-12H,6-9H2,1-5H3. The highest BCUT2D eigenvalue weighted by Crippen LogP contribution is 2.22. The van der Waals surface area contributed by atoms with Gasteiger partial charge >= 0.3 is 0 Å². The van der Waals surface area contributed by atoms with Gasteiger partial charge < -0.3 is 4.90 Å². The van der Waals surface area contributed by atoms with E-state index < -0.39 is 10.0 Å². The van der Waals surface area contributed by atoms with Crippen LogP contribution in [0.2, 0.25) is 0 Å². The Morgan fingerprint density at radius 3 is 2.00 bits per heavy atom. The highest BCUT2D eigenvalue weighted by Gasteiger charge is 2.25. The van der Waals surface area contributed by atoms with Crippen LogP contribution < -0.4 is 0 Å². The second-order valence-electron chi connectivity index (χ2n) is 5.05. The summed E-state index contributed by atoms with van der Waals surface area (Å²) in [5.74, 6) is -0.138. The Kier molecular flexibility index (Phi) is 6.56. The Morgan fingerprint density at radius 1 is 1.00 bits per heavy atom. The molecule has 0 bridgehead atoms. The SMILES string of the molecule is CCN(CC)C(=O)c1ccc(C)c(S(=O)(=O)N(CC)CC)c1. The van der Waals surface area contributed by atoms with Gasteiger partial charge in [0, 0.05) is 31.7 Å². The molecular weight excluding hydrogens is 300 g/mol. The summed E-state index contributed by atoms with van der Waals surface area (Å²) in [6.45, 7) is 11.2. The van der Waals surface area contributed by atoms with Gasteiger partial charge in [-0.05, 0) is 38.5 Å². The number of carbonyl (C=O) groups is 1. The molecule has 5 nitrogen and oxygen atoms in total. The number of amides is 1. The fourth-order valence-corrected chi connectivity index (χ4v) is 4.12. The average Bonchev–Trinajstić information content (AvgIpc) is 2.49. The second-order valence-corrected chi connectivity index (χ2v) is 6.95. The van der Waals surface area contributed by atoms with E-state index in [9.17, 15) is 13.2 Å². The zero-order chi connectivity index (χ0) is 16.9. The third-order valence-corrected chi connectivity index (χ3v) is 6.00. The van der Waals surface area contributed by atoms with Crippen LogP contribution in [0.25, 0.3) is 0 Å². The highest BCUT2D eigenvalue weighted by atomic mass is 32.2. The molecular formula is C16H26N2O3S. The Morgan fingerprint density at radius 2 is 1.55 bits per heavy atom. The van der Waals surface area contributed by atoms with Crippen molar-refractivity contribution in [2.24, 2.45) is 0 Å². The summed E-state index contributed by atoms with van der Waals surface area (Å²) in [4.78, 5) is 14.3. The molecule has 0 radical (unpaired) electrons. The van der Waals surface area contributed by atoms with E-state index in [4.69, 9.17) is 0 Å². The van der Waals surface area contributed by atoms with Crippen molar-refractivity contribution < 1.29 is 13.2 Å². The highest BCUT2D eigenvalue weighted by molar-refractivity contribution is 7.89. The van der Waals surface area contributed by atoms with Gasteiger partial charge in [0.05, 0.1) is 4.90 Å². The summed E-state index contributed by atoms with van der Waals surface area (Å²) >= 11 is 0. The van der Waals surface area contributed by atoms with Crippen LogP contribution >= 0.6 is 0 Å². The summed E-state index contributed by atoms with van der Waals surface area (Å²) in [5.41, 5.74) is 1.07. The molecule has 1 aromatic rings. The summed E-state index contributed by atoms with van der Waals surface area (Å²) in [6, 6.07) is 4.90. The van der Waals surface area contributed by atoms with E-state index in [2.05, 4.69) is 0 Å². The lowest BCUT2D eigenvalue weighted by molar-refractivity contribution is 0.0772. The van der Waals surface area contributed by atoms with Crippen LogP contribution in [0, 0.1) is 6.92 Å². The van der Waals surface area contributed by atoms with Gasteiger partial charge in [0.2, 0.25) is 10.0 Å². The summed E-state index contributed by atoms with van der Waals surface area (Å²) < 4.78 is 26.8. The summed E-state index contributed by atoms with van der Waals surface area (Å²) in [6.07, 6.45) is 0. The molecule has 1 rings (SSSR count). The van der Waals surface area contributed by atoms with Crippen molar-refractivity contribution in [3.05, 3.63) is 29.3 Å². The second kappa shape index (κ2) is 7.74. The molecule has 0 aliphatic carbocycles. The van der Waals surface area contributed by atoms with Gasteiger partial charge in [-0.2, -0.15) is 4.31 Å². The minimum absolute atomic E-state index is 0.138. The van der Waals surface area contributed by atoms with E-state index in [0.29, 0.717) is 37.3 Å². The quantitative estimate of drug-likeness (QED) is 0.773. The largest absolute Gasteiger partial charge is 0.339 e. The molecule has 0 aliphatic rings. The van der Waals surface area contributed by atoms with Crippen LogP contribution in [0.3, 0.4) is 0 Å². The number of hydrogen-bond donors (Lipinski definition) is 0. The first-order valence-corrected chi connectivity index (χ1v) is 9.17. The Balaban J connectivity index is 3.34. The van der Waals surface area contributed by atoms with E-state index in [0.717, 1.165) is 0 Å². The number of rotatable bonds is 7. The lowest BCUT2D eigenvalue weighted by Gasteiger charge is -2.22. The maximum absolute atomic E-state index is 12.7. The van der Waals surface area contributed by atoms with Crippen LogP contribution in [0.15, 0.2) is 23.1 Å². The van der Waals surface area contributed by atoms with Crippen LogP contribution in [-0.4, -0.2) is 49.7 Å². The molecule has 124 valence electrons. The number of hydrogen-bond acceptors (Lipinski definition) is 3. The molecule has 1 aromatic carbocycles. The minimum Gasteiger partial charge on any atom is -0.339 e. The predicted molar refractivity (Wildman–Crippen MR) is 88.5 cm³/mol. The van der Waals surface area contributed by atoms with Gasteiger partial charge in [0.1, 0.15) is 0 Å². The molecule has 1 amide bonds. The lowest BCUT2D eigenvalue weighted by atomic mass is 10.1. The van der Waals surface area contributed by atoms with E-state index in [-0.39, 0.29) is 10.8 Å². The van der Waals surface area contributed by atoms with Crippen molar-refractivity contribution >= 4 is 15.9 Å². The molecule has 0 N–H and O–H groups in total. The Hall–Kier alpha value is -1.40. The third-order valence-electron chi connectivity index (χ3n) is 3.81. The smallest absolute Gasteiger partial charge is 0.253 e. The van der Waals surface area contributed by atoms with Crippen LogP contribution in [0.1, 0.15) is 43.6 Å². The Bertz CT molecular complexity index is 618. The first-order valence-electron chi connectivity index (χ1n) is 7.73. The van der Waals surface area contributed by atoms with Crippen molar-refractivity contribution in [1.82, 2.24) is 9.21 Å². The molecule has 6 heteroatoms. The van der Waals surface area contributed by atoms with Crippen molar-refractivity contribution in [3.8, 4) is 0 Å². The molecule has 22 heavy (non-hydrogen) atoms. The van der Waals surface area contributed by atoms with Crippen molar-refractivity contribution in [3.63, 3.8) is 0 Å². The molecule has 0 atom stereocenters. The molecule has 0 aromatic heterocycles. The molecule has 0 heterocycles. The minimum atomic E-state index is -3.56. The topological polar surface area (TPSA) is 57.7 Å². The normalized spacial score (nSPS) is 11.7. The fraction of sp³-hybridized carbons (Fsp3) is 0.562. The Labute approximate surface area is 134 Å². The molecule has 0 saturated carbocycles. The van der Waals surface area contributed by atoms with Gasteiger partial charge in [-0.1, -0.05) is 19.9 Å². The third kappa shape index (κ3) is 3.67. The van der Waals surface area contributed by atoms with Crippen LogP contribution in [0.5, 0.6) is 0 Å². The average molecular weight is 326 g/mol. The molecule has 0 saturated heterocycles. The zero-order valence-electron chi connectivity index (χ0n) is 14.1. The van der Waals surface area contributed by atoms with E-state index in [1.807, 2.05) is 13.8 Å². The predicted octanol–water partition coefficient (Wildman–Crippen LogP) is 2.51. The summed E-state index contributed by atoms with van der Waals surface area (Å²) in [7, 11) is -3.56. The number of aryl methyl sites for hydroxylation is 1. The van der Waals surface area contributed by atoms with Crippen molar-refractivity contribution in [1.29, 1.82) is 0 Å². The number of benzene rings is 1. The van der Waals surface area contributed by atoms with Crippen LogP contribution in [0.4, 0.5) is 0 Å². The zero-order valence-corrected chi connectivity index (χ0v) is 14.9. The number of nitrogens with zero attached hydrogens (tertiary/aromatic N) is 2. The molecule has 0 aliphatic heterocycles. The number of carbonyl (C=O) groups excluding carboxylic acids is 1. The van der Waals surface area contributed by atoms with Crippen molar-refractivity contribution in [2.45, 2.75) is 39.5 Å². The fourth-order valence-electron chi connectivity index (χ4n) is 2.41. The molecule has 0 fully saturated rings. The maximum Gasteiger partial charge on any atom is 0.253 e. The van der Waals surface area contributed by atoms with Crippen LogP contribution in [-0.2, 0) is 10.0 Å². The molecule has 0 spiro atoms. The van der Waals surface area contributed by atoms with Gasteiger partial charge in [0.15, 0.2) is 0 Å².